The van der Waals surface area contributed by atoms with Crippen molar-refractivity contribution in [2.45, 2.75) is 33.2 Å². The van der Waals surface area contributed by atoms with Gasteiger partial charge in [0.15, 0.2) is 0 Å². The van der Waals surface area contributed by atoms with Crippen LogP contribution in [0, 0.1) is 25.5 Å². The Kier molecular flexibility index (Phi) is 5.02. The molecule has 2 aromatic rings. The van der Waals surface area contributed by atoms with E-state index in [1.54, 1.807) is 19.3 Å². The third-order valence-corrected chi connectivity index (χ3v) is 3.44. The van der Waals surface area contributed by atoms with E-state index in [4.69, 9.17) is 0 Å². The molecule has 112 valence electrons. The Morgan fingerprint density at radius 3 is 2.62 bits per heavy atom. The predicted molar refractivity (Wildman–Crippen MR) is 80.2 cm³/mol. The SMILES string of the molecule is CCCNC(c1cncc(C)c1)c1c(F)ccc(C)c1F. The minimum Gasteiger partial charge on any atom is -0.306 e. The Labute approximate surface area is 124 Å². The van der Waals surface area contributed by atoms with Crippen molar-refractivity contribution in [1.82, 2.24) is 10.3 Å². The number of halogens is 2. The van der Waals surface area contributed by atoms with E-state index < -0.39 is 17.7 Å². The highest BCUT2D eigenvalue weighted by Gasteiger charge is 2.23. The molecule has 0 fully saturated rings. The summed E-state index contributed by atoms with van der Waals surface area (Å²) in [7, 11) is 0. The topological polar surface area (TPSA) is 24.9 Å². The fraction of sp³-hybridized carbons (Fsp3) is 0.353. The lowest BCUT2D eigenvalue weighted by molar-refractivity contribution is 0.499. The van der Waals surface area contributed by atoms with Crippen molar-refractivity contribution >= 4 is 0 Å². The van der Waals surface area contributed by atoms with E-state index in [0.717, 1.165) is 17.5 Å². The van der Waals surface area contributed by atoms with Crippen LogP contribution in [0.4, 0.5) is 8.78 Å². The van der Waals surface area contributed by atoms with E-state index >= 15 is 0 Å². The summed E-state index contributed by atoms with van der Waals surface area (Å²) in [6.07, 6.45) is 4.26. The molecule has 0 aliphatic rings. The van der Waals surface area contributed by atoms with Crippen molar-refractivity contribution in [3.8, 4) is 0 Å². The van der Waals surface area contributed by atoms with Gasteiger partial charge in [-0.15, -0.1) is 0 Å². The molecule has 1 heterocycles. The molecule has 1 aromatic carbocycles. The zero-order valence-corrected chi connectivity index (χ0v) is 12.6. The van der Waals surface area contributed by atoms with Crippen LogP contribution in [0.5, 0.6) is 0 Å². The Bertz CT molecular complexity index is 626. The summed E-state index contributed by atoms with van der Waals surface area (Å²) >= 11 is 0. The first-order valence-electron chi connectivity index (χ1n) is 7.14. The van der Waals surface area contributed by atoms with Gasteiger partial charge < -0.3 is 5.32 Å². The van der Waals surface area contributed by atoms with Gasteiger partial charge in [-0.1, -0.05) is 19.1 Å². The normalized spacial score (nSPS) is 12.4. The summed E-state index contributed by atoms with van der Waals surface area (Å²) in [5.41, 5.74) is 2.24. The van der Waals surface area contributed by atoms with E-state index in [-0.39, 0.29) is 5.56 Å². The second kappa shape index (κ2) is 6.76. The van der Waals surface area contributed by atoms with Gasteiger partial charge in [0.25, 0.3) is 0 Å². The summed E-state index contributed by atoms with van der Waals surface area (Å²) < 4.78 is 28.6. The van der Waals surface area contributed by atoms with Crippen LogP contribution in [0.15, 0.2) is 30.6 Å². The highest BCUT2D eigenvalue weighted by molar-refractivity contribution is 5.36. The first kappa shape index (κ1) is 15.6. The molecule has 4 heteroatoms. The molecule has 1 unspecified atom stereocenters. The van der Waals surface area contributed by atoms with Crippen molar-refractivity contribution in [3.63, 3.8) is 0 Å². The average Bonchev–Trinajstić information content (AvgIpc) is 2.46. The smallest absolute Gasteiger partial charge is 0.134 e. The van der Waals surface area contributed by atoms with Crippen LogP contribution in [0.1, 0.15) is 41.6 Å². The molecule has 0 bridgehead atoms. The molecule has 0 spiro atoms. The van der Waals surface area contributed by atoms with Gasteiger partial charge in [0.2, 0.25) is 0 Å². The van der Waals surface area contributed by atoms with E-state index in [0.29, 0.717) is 12.1 Å². The number of hydrogen-bond donors (Lipinski definition) is 1. The van der Waals surface area contributed by atoms with Gasteiger partial charge in [0.05, 0.1) is 6.04 Å². The van der Waals surface area contributed by atoms with E-state index in [2.05, 4.69) is 10.3 Å². The number of nitrogens with one attached hydrogen (secondary N) is 1. The lowest BCUT2D eigenvalue weighted by Gasteiger charge is -2.21. The Hall–Kier alpha value is -1.81. The number of rotatable bonds is 5. The van der Waals surface area contributed by atoms with Gasteiger partial charge in [-0.05, 0) is 49.6 Å². The minimum atomic E-state index is -0.534. The number of pyridine rings is 1. The molecule has 0 saturated carbocycles. The van der Waals surface area contributed by atoms with Crippen molar-refractivity contribution in [3.05, 3.63) is 64.5 Å². The van der Waals surface area contributed by atoms with Gasteiger partial charge in [-0.25, -0.2) is 8.78 Å². The number of nitrogens with zero attached hydrogens (tertiary/aromatic N) is 1. The first-order chi connectivity index (χ1) is 10.0. The fourth-order valence-electron chi connectivity index (χ4n) is 2.35. The van der Waals surface area contributed by atoms with Crippen LogP contribution in [-0.4, -0.2) is 11.5 Å². The molecule has 0 aliphatic carbocycles. The summed E-state index contributed by atoms with van der Waals surface area (Å²) in [4.78, 5) is 4.14. The second-order valence-corrected chi connectivity index (χ2v) is 5.27. The van der Waals surface area contributed by atoms with Crippen LogP contribution < -0.4 is 5.32 Å². The highest BCUT2D eigenvalue weighted by Crippen LogP contribution is 2.28. The Morgan fingerprint density at radius 2 is 1.95 bits per heavy atom. The van der Waals surface area contributed by atoms with Crippen molar-refractivity contribution < 1.29 is 8.78 Å². The maximum absolute atomic E-state index is 14.4. The molecule has 1 aromatic heterocycles. The molecule has 0 aliphatic heterocycles. The van der Waals surface area contributed by atoms with E-state index in [9.17, 15) is 8.78 Å². The third-order valence-electron chi connectivity index (χ3n) is 3.44. The summed E-state index contributed by atoms with van der Waals surface area (Å²) in [6.45, 7) is 6.24. The molecule has 1 N–H and O–H groups in total. The number of benzene rings is 1. The van der Waals surface area contributed by atoms with Crippen LogP contribution in [0.3, 0.4) is 0 Å². The molecule has 0 radical (unpaired) electrons. The monoisotopic (exact) mass is 290 g/mol. The van der Waals surface area contributed by atoms with E-state index in [1.807, 2.05) is 19.9 Å². The lowest BCUT2D eigenvalue weighted by Crippen LogP contribution is -2.25. The zero-order chi connectivity index (χ0) is 15.4. The van der Waals surface area contributed by atoms with Crippen LogP contribution in [0.2, 0.25) is 0 Å². The number of aromatic nitrogens is 1. The van der Waals surface area contributed by atoms with Crippen molar-refractivity contribution in [1.29, 1.82) is 0 Å². The standard InChI is InChI=1S/C17H20F2N2/c1-4-7-21-17(13-8-11(2)9-20-10-13)15-14(18)6-5-12(3)16(15)19/h5-6,8-10,17,21H,4,7H2,1-3H3. The molecular weight excluding hydrogens is 270 g/mol. The summed E-state index contributed by atoms with van der Waals surface area (Å²) in [6, 6.07) is 4.15. The molecule has 21 heavy (non-hydrogen) atoms. The fourth-order valence-corrected chi connectivity index (χ4v) is 2.35. The van der Waals surface area contributed by atoms with Gasteiger partial charge in [-0.2, -0.15) is 0 Å². The average molecular weight is 290 g/mol. The molecule has 0 amide bonds. The van der Waals surface area contributed by atoms with Gasteiger partial charge in [0.1, 0.15) is 11.6 Å². The van der Waals surface area contributed by atoms with Gasteiger partial charge in [0, 0.05) is 18.0 Å². The largest absolute Gasteiger partial charge is 0.306 e. The molecule has 2 rings (SSSR count). The second-order valence-electron chi connectivity index (χ2n) is 5.27. The number of aryl methyl sites for hydroxylation is 2. The summed E-state index contributed by atoms with van der Waals surface area (Å²) in [5.74, 6) is -1.03. The Morgan fingerprint density at radius 1 is 1.19 bits per heavy atom. The van der Waals surface area contributed by atoms with E-state index in [1.165, 1.54) is 12.1 Å². The van der Waals surface area contributed by atoms with Crippen molar-refractivity contribution in [2.24, 2.45) is 0 Å². The Balaban J connectivity index is 2.53. The predicted octanol–water partition coefficient (Wildman–Crippen LogP) is 4.07. The van der Waals surface area contributed by atoms with Gasteiger partial charge >= 0.3 is 0 Å². The van der Waals surface area contributed by atoms with Crippen LogP contribution in [-0.2, 0) is 0 Å². The first-order valence-corrected chi connectivity index (χ1v) is 7.14. The third kappa shape index (κ3) is 3.45. The maximum Gasteiger partial charge on any atom is 0.134 e. The highest BCUT2D eigenvalue weighted by atomic mass is 19.1. The van der Waals surface area contributed by atoms with Crippen LogP contribution in [0.25, 0.3) is 0 Å². The quantitative estimate of drug-likeness (QED) is 0.898. The molecule has 2 nitrogen and oxygen atoms in total. The molecule has 1 atom stereocenters. The van der Waals surface area contributed by atoms with Gasteiger partial charge in [-0.3, -0.25) is 4.98 Å². The summed E-state index contributed by atoms with van der Waals surface area (Å²) in [5, 5.41) is 3.22. The lowest BCUT2D eigenvalue weighted by atomic mass is 9.96. The molecule has 0 saturated heterocycles. The number of hydrogen-bond acceptors (Lipinski definition) is 2. The minimum absolute atomic E-state index is 0.0656. The zero-order valence-electron chi connectivity index (χ0n) is 12.6. The van der Waals surface area contributed by atoms with Crippen molar-refractivity contribution in [2.75, 3.05) is 6.54 Å². The maximum atomic E-state index is 14.4. The molecular formula is C17H20F2N2. The van der Waals surface area contributed by atoms with Crippen LogP contribution >= 0.6 is 0 Å².